The SMILES string of the molecule is Cc1nc(-c2ccc(NC(=O)c3cc(C)n(-c4ccccn4)c3C)cc2)cs1. The number of hydrogen-bond acceptors (Lipinski definition) is 4. The standard InChI is InChI=1S/C22H20N4OS/c1-14-12-19(15(2)26(14)21-6-4-5-11-23-21)22(27)25-18-9-7-17(8-10-18)20-13-28-16(3)24-20/h4-13H,1-3H3,(H,25,27). The van der Waals surface area contributed by atoms with Crippen LogP contribution in [0.5, 0.6) is 0 Å². The molecule has 0 atom stereocenters. The highest BCUT2D eigenvalue weighted by molar-refractivity contribution is 7.09. The minimum Gasteiger partial charge on any atom is -0.322 e. The second-order valence-electron chi connectivity index (χ2n) is 6.59. The Morgan fingerprint density at radius 3 is 2.50 bits per heavy atom. The molecule has 0 saturated carbocycles. The van der Waals surface area contributed by atoms with Gasteiger partial charge in [-0.1, -0.05) is 18.2 Å². The molecule has 1 amide bonds. The molecule has 3 heterocycles. The second kappa shape index (κ2) is 7.40. The van der Waals surface area contributed by atoms with E-state index in [2.05, 4.69) is 15.3 Å². The van der Waals surface area contributed by atoms with Crippen molar-refractivity contribution in [2.75, 3.05) is 5.32 Å². The summed E-state index contributed by atoms with van der Waals surface area (Å²) >= 11 is 1.63. The van der Waals surface area contributed by atoms with Crippen LogP contribution in [0.2, 0.25) is 0 Å². The third kappa shape index (κ3) is 3.46. The van der Waals surface area contributed by atoms with Gasteiger partial charge in [0.05, 0.1) is 16.3 Å². The van der Waals surface area contributed by atoms with E-state index in [1.165, 1.54) is 0 Å². The van der Waals surface area contributed by atoms with Crippen molar-refractivity contribution in [1.82, 2.24) is 14.5 Å². The van der Waals surface area contributed by atoms with Gasteiger partial charge in [-0.15, -0.1) is 11.3 Å². The number of hydrogen-bond donors (Lipinski definition) is 1. The molecule has 0 bridgehead atoms. The summed E-state index contributed by atoms with van der Waals surface area (Å²) < 4.78 is 1.99. The smallest absolute Gasteiger partial charge is 0.257 e. The summed E-state index contributed by atoms with van der Waals surface area (Å²) in [7, 11) is 0. The van der Waals surface area contributed by atoms with Crippen LogP contribution >= 0.6 is 11.3 Å². The van der Waals surface area contributed by atoms with E-state index in [1.807, 2.05) is 79.2 Å². The highest BCUT2D eigenvalue weighted by Gasteiger charge is 2.17. The zero-order chi connectivity index (χ0) is 19.7. The van der Waals surface area contributed by atoms with Crippen molar-refractivity contribution in [3.8, 4) is 17.1 Å². The fourth-order valence-corrected chi connectivity index (χ4v) is 3.87. The van der Waals surface area contributed by atoms with Gasteiger partial charge in [0, 0.05) is 34.2 Å². The maximum absolute atomic E-state index is 12.8. The number of aromatic nitrogens is 3. The average Bonchev–Trinajstić information content (AvgIpc) is 3.26. The highest BCUT2D eigenvalue weighted by atomic mass is 32.1. The van der Waals surface area contributed by atoms with Gasteiger partial charge in [0.1, 0.15) is 5.82 Å². The third-order valence-corrected chi connectivity index (χ3v) is 5.39. The maximum atomic E-state index is 12.8. The predicted molar refractivity (Wildman–Crippen MR) is 113 cm³/mol. The second-order valence-corrected chi connectivity index (χ2v) is 7.65. The molecule has 1 N–H and O–H groups in total. The molecule has 0 aliphatic heterocycles. The molecule has 4 rings (SSSR count). The maximum Gasteiger partial charge on any atom is 0.257 e. The number of nitrogens with zero attached hydrogens (tertiary/aromatic N) is 3. The third-order valence-electron chi connectivity index (χ3n) is 4.61. The molecule has 0 aliphatic rings. The number of pyridine rings is 1. The molecule has 1 aromatic carbocycles. The van der Waals surface area contributed by atoms with E-state index in [0.29, 0.717) is 5.56 Å². The first-order valence-electron chi connectivity index (χ1n) is 8.97. The monoisotopic (exact) mass is 388 g/mol. The molecule has 4 aromatic rings. The van der Waals surface area contributed by atoms with Gasteiger partial charge in [-0.05, 0) is 51.1 Å². The van der Waals surface area contributed by atoms with E-state index >= 15 is 0 Å². The Morgan fingerprint density at radius 1 is 1.07 bits per heavy atom. The van der Waals surface area contributed by atoms with Crippen molar-refractivity contribution in [3.05, 3.63) is 82.1 Å². The molecule has 0 aliphatic carbocycles. The van der Waals surface area contributed by atoms with E-state index in [-0.39, 0.29) is 5.91 Å². The van der Waals surface area contributed by atoms with Gasteiger partial charge in [-0.2, -0.15) is 0 Å². The number of benzene rings is 1. The minimum atomic E-state index is -0.132. The van der Waals surface area contributed by atoms with Crippen LogP contribution in [0.15, 0.2) is 60.1 Å². The van der Waals surface area contributed by atoms with Crippen molar-refractivity contribution in [2.24, 2.45) is 0 Å². The Kier molecular flexibility index (Phi) is 4.79. The molecule has 0 saturated heterocycles. The molecule has 140 valence electrons. The first-order valence-corrected chi connectivity index (χ1v) is 9.85. The number of anilines is 1. The fourth-order valence-electron chi connectivity index (χ4n) is 3.25. The van der Waals surface area contributed by atoms with Crippen molar-refractivity contribution in [2.45, 2.75) is 20.8 Å². The fraction of sp³-hybridized carbons (Fsp3) is 0.136. The molecule has 0 spiro atoms. The largest absolute Gasteiger partial charge is 0.322 e. The number of carbonyl (C=O) groups excluding carboxylic acids is 1. The summed E-state index contributed by atoms with van der Waals surface area (Å²) in [4.78, 5) is 21.7. The van der Waals surface area contributed by atoms with E-state index in [4.69, 9.17) is 0 Å². The summed E-state index contributed by atoms with van der Waals surface area (Å²) in [5.41, 5.74) is 5.22. The van der Waals surface area contributed by atoms with Crippen LogP contribution in [0.1, 0.15) is 26.8 Å². The lowest BCUT2D eigenvalue weighted by atomic mass is 10.1. The lowest BCUT2D eigenvalue weighted by Gasteiger charge is -2.09. The van der Waals surface area contributed by atoms with Gasteiger partial charge in [-0.3, -0.25) is 4.79 Å². The number of aryl methyl sites for hydroxylation is 2. The van der Waals surface area contributed by atoms with Crippen LogP contribution in [0.3, 0.4) is 0 Å². The number of thiazole rings is 1. The number of amides is 1. The zero-order valence-corrected chi connectivity index (χ0v) is 16.7. The Balaban J connectivity index is 1.56. The molecule has 0 fully saturated rings. The molecule has 3 aromatic heterocycles. The van der Waals surface area contributed by atoms with Gasteiger partial charge in [0.25, 0.3) is 5.91 Å². The van der Waals surface area contributed by atoms with E-state index in [0.717, 1.165) is 39.2 Å². The van der Waals surface area contributed by atoms with Crippen molar-refractivity contribution in [3.63, 3.8) is 0 Å². The van der Waals surface area contributed by atoms with E-state index < -0.39 is 0 Å². The molecule has 0 unspecified atom stereocenters. The van der Waals surface area contributed by atoms with E-state index in [1.54, 1.807) is 17.5 Å². The van der Waals surface area contributed by atoms with Crippen LogP contribution in [-0.4, -0.2) is 20.4 Å². The van der Waals surface area contributed by atoms with Crippen LogP contribution in [0.25, 0.3) is 17.1 Å². The Bertz CT molecular complexity index is 1130. The first-order chi connectivity index (χ1) is 13.5. The quantitative estimate of drug-likeness (QED) is 0.524. The van der Waals surface area contributed by atoms with Crippen LogP contribution < -0.4 is 5.32 Å². The Morgan fingerprint density at radius 2 is 1.86 bits per heavy atom. The summed E-state index contributed by atoms with van der Waals surface area (Å²) in [6.07, 6.45) is 1.75. The van der Waals surface area contributed by atoms with Crippen LogP contribution in [0, 0.1) is 20.8 Å². The summed E-state index contributed by atoms with van der Waals surface area (Å²) in [6.45, 7) is 5.90. The lowest BCUT2D eigenvalue weighted by molar-refractivity contribution is 0.102. The van der Waals surface area contributed by atoms with Gasteiger partial charge in [-0.25, -0.2) is 9.97 Å². The van der Waals surface area contributed by atoms with Crippen LogP contribution in [0.4, 0.5) is 5.69 Å². The van der Waals surface area contributed by atoms with Crippen LogP contribution in [-0.2, 0) is 0 Å². The Labute approximate surface area is 167 Å². The summed E-state index contributed by atoms with van der Waals surface area (Å²) in [6, 6.07) is 15.4. The predicted octanol–water partition coefficient (Wildman–Crippen LogP) is 5.17. The minimum absolute atomic E-state index is 0.132. The Hall–Kier alpha value is -3.25. The summed E-state index contributed by atoms with van der Waals surface area (Å²) in [5.74, 6) is 0.673. The highest BCUT2D eigenvalue weighted by Crippen LogP contribution is 2.24. The lowest BCUT2D eigenvalue weighted by Crippen LogP contribution is -2.13. The number of nitrogens with one attached hydrogen (secondary N) is 1. The van der Waals surface area contributed by atoms with Crippen molar-refractivity contribution in [1.29, 1.82) is 0 Å². The van der Waals surface area contributed by atoms with Gasteiger partial charge < -0.3 is 9.88 Å². The molecule has 6 heteroatoms. The van der Waals surface area contributed by atoms with Gasteiger partial charge in [0.2, 0.25) is 0 Å². The van der Waals surface area contributed by atoms with Crippen molar-refractivity contribution >= 4 is 22.9 Å². The molecule has 0 radical (unpaired) electrons. The first kappa shape index (κ1) is 18.1. The summed E-state index contributed by atoms with van der Waals surface area (Å²) in [5, 5.41) is 6.06. The normalized spacial score (nSPS) is 10.8. The zero-order valence-electron chi connectivity index (χ0n) is 15.9. The van der Waals surface area contributed by atoms with E-state index in [9.17, 15) is 4.79 Å². The molecular weight excluding hydrogens is 368 g/mol. The topological polar surface area (TPSA) is 59.8 Å². The van der Waals surface area contributed by atoms with Gasteiger partial charge in [0.15, 0.2) is 0 Å². The number of rotatable bonds is 4. The van der Waals surface area contributed by atoms with Crippen molar-refractivity contribution < 1.29 is 4.79 Å². The average molecular weight is 388 g/mol. The number of carbonyl (C=O) groups is 1. The molecule has 28 heavy (non-hydrogen) atoms. The van der Waals surface area contributed by atoms with Gasteiger partial charge >= 0.3 is 0 Å². The molecular formula is C22H20N4OS. The molecule has 5 nitrogen and oxygen atoms in total.